The van der Waals surface area contributed by atoms with E-state index in [-0.39, 0.29) is 0 Å². The summed E-state index contributed by atoms with van der Waals surface area (Å²) in [6.45, 7) is 4.98. The minimum atomic E-state index is 0.611. The van der Waals surface area contributed by atoms with Crippen molar-refractivity contribution in [3.8, 4) is 6.07 Å². The van der Waals surface area contributed by atoms with Crippen molar-refractivity contribution in [1.82, 2.24) is 9.38 Å². The molecule has 0 radical (unpaired) electrons. The summed E-state index contributed by atoms with van der Waals surface area (Å²) < 4.78 is 2.09. The number of rotatable bonds is 5. The molecule has 2 aromatic heterocycles. The molecule has 0 aliphatic heterocycles. The van der Waals surface area contributed by atoms with Gasteiger partial charge in [-0.15, -0.1) is 0 Å². The fraction of sp³-hybridized carbons (Fsp3) is 0.217. The van der Waals surface area contributed by atoms with Crippen molar-refractivity contribution < 1.29 is 0 Å². The van der Waals surface area contributed by atoms with Gasteiger partial charge < -0.3 is 5.32 Å². The average Bonchev–Trinajstić information content (AvgIpc) is 3.08. The van der Waals surface area contributed by atoms with Gasteiger partial charge in [-0.25, -0.2) is 4.98 Å². The van der Waals surface area contributed by atoms with Crippen LogP contribution in [0.4, 0.5) is 5.82 Å². The van der Waals surface area contributed by atoms with Crippen molar-refractivity contribution >= 4 is 34.1 Å². The van der Waals surface area contributed by atoms with Gasteiger partial charge in [0.05, 0.1) is 16.6 Å². The van der Waals surface area contributed by atoms with E-state index in [1.165, 1.54) is 0 Å². The van der Waals surface area contributed by atoms with E-state index in [0.717, 1.165) is 51.5 Å². The lowest BCUT2D eigenvalue weighted by Crippen LogP contribution is -2.12. The minimum Gasteiger partial charge on any atom is -0.371 e. The lowest BCUT2D eigenvalue weighted by Gasteiger charge is -2.19. The molecule has 5 heteroatoms. The van der Waals surface area contributed by atoms with E-state index in [0.29, 0.717) is 17.6 Å². The Morgan fingerprint density at radius 1 is 1.14 bits per heavy atom. The first-order valence-corrected chi connectivity index (χ1v) is 9.83. The van der Waals surface area contributed by atoms with E-state index in [9.17, 15) is 5.26 Å². The van der Waals surface area contributed by atoms with Crippen LogP contribution in [0.1, 0.15) is 35.6 Å². The molecule has 0 unspecified atom stereocenters. The van der Waals surface area contributed by atoms with E-state index in [1.807, 2.05) is 55.5 Å². The molecule has 0 bridgehead atoms. The fourth-order valence-electron chi connectivity index (χ4n) is 3.66. The first-order valence-electron chi connectivity index (χ1n) is 9.45. The van der Waals surface area contributed by atoms with E-state index in [2.05, 4.69) is 22.7 Å². The topological polar surface area (TPSA) is 53.1 Å². The van der Waals surface area contributed by atoms with Gasteiger partial charge >= 0.3 is 0 Å². The molecule has 2 aromatic carbocycles. The summed E-state index contributed by atoms with van der Waals surface area (Å²) in [5.74, 6) is 0.988. The number of benzene rings is 2. The molecule has 4 nitrogen and oxygen atoms in total. The van der Waals surface area contributed by atoms with Crippen LogP contribution >= 0.6 is 11.6 Å². The van der Waals surface area contributed by atoms with E-state index < -0.39 is 0 Å². The van der Waals surface area contributed by atoms with E-state index >= 15 is 0 Å². The number of hydrogen-bond donors (Lipinski definition) is 1. The van der Waals surface area contributed by atoms with Crippen LogP contribution in [0.3, 0.4) is 0 Å². The predicted molar refractivity (Wildman–Crippen MR) is 115 cm³/mol. The summed E-state index contributed by atoms with van der Waals surface area (Å²) in [6, 6.07) is 18.2. The standard InChI is InChI=1S/C23H21ClN4/c1-3-12-26-22-17(13-16-8-4-5-9-19(16)24)15(2)18(14-25)23-27-20-10-6-7-11-21(20)28(22)23/h4-11,26H,3,12-13H2,1-2H3. The van der Waals surface area contributed by atoms with Gasteiger partial charge in [-0.2, -0.15) is 5.26 Å². The lowest BCUT2D eigenvalue weighted by atomic mass is 9.97. The lowest BCUT2D eigenvalue weighted by molar-refractivity contribution is 0.950. The van der Waals surface area contributed by atoms with Crippen LogP contribution in [0, 0.1) is 18.3 Å². The Balaban J connectivity index is 2.07. The van der Waals surface area contributed by atoms with Gasteiger partial charge in [-0.3, -0.25) is 4.40 Å². The third kappa shape index (κ3) is 2.98. The third-order valence-corrected chi connectivity index (χ3v) is 5.47. The molecule has 2 heterocycles. The molecule has 4 aromatic rings. The van der Waals surface area contributed by atoms with Crippen molar-refractivity contribution in [3.63, 3.8) is 0 Å². The summed E-state index contributed by atoms with van der Waals surface area (Å²) in [5, 5.41) is 14.2. The molecule has 140 valence electrons. The van der Waals surface area contributed by atoms with Crippen LogP contribution in [0.15, 0.2) is 48.5 Å². The van der Waals surface area contributed by atoms with Gasteiger partial charge in [0.1, 0.15) is 11.9 Å². The van der Waals surface area contributed by atoms with Gasteiger partial charge in [-0.05, 0) is 42.7 Å². The van der Waals surface area contributed by atoms with Crippen LogP contribution in [0.2, 0.25) is 5.02 Å². The largest absolute Gasteiger partial charge is 0.371 e. The Bertz CT molecular complexity index is 1220. The Labute approximate surface area is 169 Å². The Kier molecular flexibility index (Phi) is 4.93. The number of aromatic nitrogens is 2. The highest BCUT2D eigenvalue weighted by atomic mass is 35.5. The highest BCUT2D eigenvalue weighted by molar-refractivity contribution is 6.31. The van der Waals surface area contributed by atoms with Crippen molar-refractivity contribution in [2.45, 2.75) is 26.7 Å². The van der Waals surface area contributed by atoms with E-state index in [1.54, 1.807) is 0 Å². The van der Waals surface area contributed by atoms with Gasteiger partial charge in [0, 0.05) is 23.6 Å². The summed E-state index contributed by atoms with van der Waals surface area (Å²) in [4.78, 5) is 4.76. The van der Waals surface area contributed by atoms with Crippen molar-refractivity contribution in [1.29, 1.82) is 5.26 Å². The summed E-state index contributed by atoms with van der Waals surface area (Å²) >= 11 is 6.44. The number of anilines is 1. The second-order valence-electron chi connectivity index (χ2n) is 6.89. The van der Waals surface area contributed by atoms with Crippen molar-refractivity contribution in [2.24, 2.45) is 0 Å². The van der Waals surface area contributed by atoms with Crippen LogP contribution in [0.5, 0.6) is 0 Å². The molecule has 0 spiro atoms. The summed E-state index contributed by atoms with van der Waals surface area (Å²) in [5.41, 5.74) is 6.25. The molecule has 0 aliphatic rings. The monoisotopic (exact) mass is 388 g/mol. The van der Waals surface area contributed by atoms with Gasteiger partial charge in [0.15, 0.2) is 5.65 Å². The molecule has 0 saturated carbocycles. The maximum absolute atomic E-state index is 9.90. The van der Waals surface area contributed by atoms with Crippen molar-refractivity contribution in [3.05, 3.63) is 75.8 Å². The number of para-hydroxylation sites is 2. The first kappa shape index (κ1) is 18.3. The van der Waals surface area contributed by atoms with Crippen LogP contribution < -0.4 is 5.32 Å². The molecule has 0 aliphatic carbocycles. The quantitative estimate of drug-likeness (QED) is 0.474. The number of nitriles is 1. The Hall–Kier alpha value is -3.03. The van der Waals surface area contributed by atoms with Crippen LogP contribution in [-0.4, -0.2) is 15.9 Å². The SMILES string of the molecule is CCCNc1c(Cc2ccccc2Cl)c(C)c(C#N)c2nc3ccccc3n12. The van der Waals surface area contributed by atoms with E-state index in [4.69, 9.17) is 16.6 Å². The second kappa shape index (κ2) is 7.53. The third-order valence-electron chi connectivity index (χ3n) is 5.10. The Morgan fingerprint density at radius 3 is 2.64 bits per heavy atom. The fourth-order valence-corrected chi connectivity index (χ4v) is 3.87. The highest BCUT2D eigenvalue weighted by Gasteiger charge is 2.21. The zero-order valence-corrected chi connectivity index (χ0v) is 16.7. The second-order valence-corrected chi connectivity index (χ2v) is 7.30. The maximum atomic E-state index is 9.90. The molecular formula is C23H21ClN4. The average molecular weight is 389 g/mol. The van der Waals surface area contributed by atoms with Gasteiger partial charge in [-0.1, -0.05) is 48.9 Å². The molecule has 0 atom stereocenters. The number of hydrogen-bond acceptors (Lipinski definition) is 3. The first-order chi connectivity index (χ1) is 13.7. The number of fused-ring (bicyclic) bond motifs is 3. The highest BCUT2D eigenvalue weighted by Crippen LogP contribution is 2.33. The maximum Gasteiger partial charge on any atom is 0.157 e. The smallest absolute Gasteiger partial charge is 0.157 e. The van der Waals surface area contributed by atoms with Crippen LogP contribution in [-0.2, 0) is 6.42 Å². The van der Waals surface area contributed by atoms with Crippen LogP contribution in [0.25, 0.3) is 16.7 Å². The normalized spacial score (nSPS) is 11.1. The van der Waals surface area contributed by atoms with Gasteiger partial charge in [0.2, 0.25) is 0 Å². The zero-order chi connectivity index (χ0) is 19.7. The summed E-state index contributed by atoms with van der Waals surface area (Å²) in [6.07, 6.45) is 1.65. The van der Waals surface area contributed by atoms with Crippen molar-refractivity contribution in [2.75, 3.05) is 11.9 Å². The number of nitrogens with one attached hydrogen (secondary N) is 1. The number of imidazole rings is 1. The number of halogens is 1. The zero-order valence-electron chi connectivity index (χ0n) is 16.0. The minimum absolute atomic E-state index is 0.611. The molecule has 0 amide bonds. The predicted octanol–water partition coefficient (Wildman–Crippen LogP) is 5.73. The molecule has 0 fully saturated rings. The Morgan fingerprint density at radius 2 is 1.89 bits per heavy atom. The molecular weight excluding hydrogens is 368 g/mol. The molecule has 0 saturated heterocycles. The number of nitrogens with zero attached hydrogens (tertiary/aromatic N) is 3. The molecule has 28 heavy (non-hydrogen) atoms. The number of pyridine rings is 1. The summed E-state index contributed by atoms with van der Waals surface area (Å²) in [7, 11) is 0. The molecule has 1 N–H and O–H groups in total. The van der Waals surface area contributed by atoms with Gasteiger partial charge in [0.25, 0.3) is 0 Å². The molecule has 4 rings (SSSR count).